The summed E-state index contributed by atoms with van der Waals surface area (Å²) in [6, 6.07) is 8.89. The summed E-state index contributed by atoms with van der Waals surface area (Å²) in [6.45, 7) is 0. The van der Waals surface area contributed by atoms with Crippen LogP contribution in [0.15, 0.2) is 33.7 Å². The molecular weight excluding hydrogens is 292 g/mol. The third kappa shape index (κ3) is 2.59. The van der Waals surface area contributed by atoms with Gasteiger partial charge in [-0.05, 0) is 37.0 Å². The number of ether oxygens (including phenoxy) is 1. The highest BCUT2D eigenvalue weighted by molar-refractivity contribution is 9.10. The number of hydrogen-bond acceptors (Lipinski definition) is 3. The number of rotatable bonds is 2. The molecule has 0 bridgehead atoms. The first-order chi connectivity index (χ1) is 8.70. The minimum absolute atomic E-state index is 0.273. The van der Waals surface area contributed by atoms with Crippen LogP contribution >= 0.6 is 15.9 Å². The topological polar surface area (TPSA) is 47.6 Å². The molecule has 18 heavy (non-hydrogen) atoms. The van der Waals surface area contributed by atoms with Gasteiger partial charge >= 0.3 is 0 Å². The van der Waals surface area contributed by atoms with Crippen LogP contribution in [0.4, 0.5) is 0 Å². The predicted molar refractivity (Wildman–Crippen MR) is 75.8 cm³/mol. The summed E-state index contributed by atoms with van der Waals surface area (Å²) in [5.41, 5.74) is 7.21. The molecule has 2 aliphatic rings. The lowest BCUT2D eigenvalue weighted by molar-refractivity contribution is 0.142. The first-order valence-corrected chi connectivity index (χ1v) is 7.23. The van der Waals surface area contributed by atoms with Crippen molar-refractivity contribution < 1.29 is 4.74 Å². The summed E-state index contributed by atoms with van der Waals surface area (Å²) in [5, 5.41) is 0. The molecule has 1 fully saturated rings. The Balaban J connectivity index is 1.67. The molecule has 0 spiro atoms. The van der Waals surface area contributed by atoms with Gasteiger partial charge in [0, 0.05) is 16.9 Å². The molecule has 3 unspecified atom stereocenters. The van der Waals surface area contributed by atoms with Crippen LogP contribution in [0.25, 0.3) is 0 Å². The fourth-order valence-corrected chi connectivity index (χ4v) is 2.94. The molecule has 1 aliphatic carbocycles. The normalized spacial score (nSPS) is 30.6. The van der Waals surface area contributed by atoms with Crippen molar-refractivity contribution in [2.45, 2.75) is 43.9 Å². The predicted octanol–water partition coefficient (Wildman–Crippen LogP) is 2.67. The summed E-state index contributed by atoms with van der Waals surface area (Å²) >= 11 is 3.44. The zero-order valence-electron chi connectivity index (χ0n) is 10.2. The number of nitrogens with zero attached hydrogens (tertiary/aromatic N) is 1. The Morgan fingerprint density at radius 3 is 2.83 bits per heavy atom. The second kappa shape index (κ2) is 5.02. The Labute approximate surface area is 116 Å². The summed E-state index contributed by atoms with van der Waals surface area (Å²) in [5.74, 6) is 0.876. The van der Waals surface area contributed by atoms with Crippen LogP contribution in [0.3, 0.4) is 0 Å². The highest BCUT2D eigenvalue weighted by Crippen LogP contribution is 2.28. The highest BCUT2D eigenvalue weighted by Gasteiger charge is 2.35. The van der Waals surface area contributed by atoms with E-state index in [9.17, 15) is 0 Å². The molecule has 3 rings (SSSR count). The molecule has 1 heterocycles. The standard InChI is InChI=1S/C14H17BrN2O/c15-10-3-1-9(2-4-10)7-14-17-12-8-11(16)5-6-13(12)18-14/h1-4,11-13H,5-8,16H2. The average molecular weight is 309 g/mol. The lowest BCUT2D eigenvalue weighted by Gasteiger charge is -2.26. The Hall–Kier alpha value is -0.870. The second-order valence-electron chi connectivity index (χ2n) is 5.12. The molecule has 1 aromatic carbocycles. The van der Waals surface area contributed by atoms with Crippen LogP contribution in [0, 0.1) is 0 Å². The first-order valence-electron chi connectivity index (χ1n) is 6.44. The fourth-order valence-electron chi connectivity index (χ4n) is 2.68. The van der Waals surface area contributed by atoms with Gasteiger partial charge in [0.2, 0.25) is 0 Å². The molecule has 1 aliphatic heterocycles. The van der Waals surface area contributed by atoms with Gasteiger partial charge in [0.15, 0.2) is 5.90 Å². The van der Waals surface area contributed by atoms with E-state index in [0.29, 0.717) is 12.1 Å². The van der Waals surface area contributed by atoms with Gasteiger partial charge in [-0.3, -0.25) is 0 Å². The van der Waals surface area contributed by atoms with Crippen LogP contribution < -0.4 is 5.73 Å². The van der Waals surface area contributed by atoms with Crippen molar-refractivity contribution >= 4 is 21.8 Å². The average Bonchev–Trinajstić information content (AvgIpc) is 2.73. The molecule has 96 valence electrons. The zero-order valence-corrected chi connectivity index (χ0v) is 11.8. The van der Waals surface area contributed by atoms with E-state index in [-0.39, 0.29) is 6.10 Å². The van der Waals surface area contributed by atoms with Crippen molar-refractivity contribution in [3.63, 3.8) is 0 Å². The van der Waals surface area contributed by atoms with Crippen LogP contribution in [-0.2, 0) is 11.2 Å². The SMILES string of the molecule is NC1CCC2OC(Cc3ccc(Br)cc3)=NC2C1. The zero-order chi connectivity index (χ0) is 12.5. The third-order valence-electron chi connectivity index (χ3n) is 3.66. The van der Waals surface area contributed by atoms with Crippen LogP contribution in [-0.4, -0.2) is 24.1 Å². The second-order valence-corrected chi connectivity index (χ2v) is 6.04. The number of halogens is 1. The Morgan fingerprint density at radius 2 is 2.06 bits per heavy atom. The Morgan fingerprint density at radius 1 is 1.28 bits per heavy atom. The van der Waals surface area contributed by atoms with Gasteiger partial charge < -0.3 is 10.5 Å². The van der Waals surface area contributed by atoms with Crippen LogP contribution in [0.2, 0.25) is 0 Å². The molecule has 1 saturated carbocycles. The molecular formula is C14H17BrN2O. The van der Waals surface area contributed by atoms with E-state index >= 15 is 0 Å². The minimum atomic E-state index is 0.273. The molecule has 3 atom stereocenters. The molecule has 0 saturated heterocycles. The third-order valence-corrected chi connectivity index (χ3v) is 4.19. The smallest absolute Gasteiger partial charge is 0.188 e. The maximum absolute atomic E-state index is 5.98. The number of benzene rings is 1. The Kier molecular flexibility index (Phi) is 3.39. The van der Waals surface area contributed by atoms with Crippen molar-refractivity contribution in [2.24, 2.45) is 10.7 Å². The van der Waals surface area contributed by atoms with Crippen molar-refractivity contribution in [2.75, 3.05) is 0 Å². The number of nitrogens with two attached hydrogens (primary N) is 1. The molecule has 3 nitrogen and oxygen atoms in total. The largest absolute Gasteiger partial charge is 0.475 e. The van der Waals surface area contributed by atoms with Crippen molar-refractivity contribution in [3.05, 3.63) is 34.3 Å². The van der Waals surface area contributed by atoms with Gasteiger partial charge in [0.1, 0.15) is 6.10 Å². The summed E-state index contributed by atoms with van der Waals surface area (Å²) in [7, 11) is 0. The van der Waals surface area contributed by atoms with E-state index < -0.39 is 0 Å². The molecule has 0 radical (unpaired) electrons. The summed E-state index contributed by atoms with van der Waals surface area (Å²) in [4.78, 5) is 4.68. The lowest BCUT2D eigenvalue weighted by Crippen LogP contribution is -2.37. The van der Waals surface area contributed by atoms with Crippen molar-refractivity contribution in [3.8, 4) is 0 Å². The maximum atomic E-state index is 5.98. The van der Waals surface area contributed by atoms with E-state index in [2.05, 4.69) is 33.1 Å². The molecule has 0 amide bonds. The monoisotopic (exact) mass is 308 g/mol. The minimum Gasteiger partial charge on any atom is -0.475 e. The van der Waals surface area contributed by atoms with Gasteiger partial charge in [-0.15, -0.1) is 0 Å². The number of hydrogen-bond donors (Lipinski definition) is 1. The van der Waals surface area contributed by atoms with E-state index in [0.717, 1.165) is 36.1 Å². The van der Waals surface area contributed by atoms with E-state index in [1.807, 2.05) is 12.1 Å². The number of aliphatic imine (C=N–C) groups is 1. The molecule has 1 aromatic rings. The fraction of sp³-hybridized carbons (Fsp3) is 0.500. The van der Waals surface area contributed by atoms with Gasteiger partial charge in [-0.25, -0.2) is 4.99 Å². The molecule has 0 aromatic heterocycles. The molecule has 2 N–H and O–H groups in total. The maximum Gasteiger partial charge on any atom is 0.188 e. The first kappa shape index (κ1) is 12.2. The van der Waals surface area contributed by atoms with Gasteiger partial charge in [-0.2, -0.15) is 0 Å². The van der Waals surface area contributed by atoms with Gasteiger partial charge in [0.05, 0.1) is 6.04 Å². The molecule has 4 heteroatoms. The summed E-state index contributed by atoms with van der Waals surface area (Å²) < 4.78 is 7.03. The van der Waals surface area contributed by atoms with Crippen LogP contribution in [0.5, 0.6) is 0 Å². The van der Waals surface area contributed by atoms with E-state index in [1.165, 1.54) is 5.56 Å². The van der Waals surface area contributed by atoms with Gasteiger partial charge in [-0.1, -0.05) is 28.1 Å². The quantitative estimate of drug-likeness (QED) is 0.913. The lowest BCUT2D eigenvalue weighted by atomic mass is 9.90. The van der Waals surface area contributed by atoms with E-state index in [4.69, 9.17) is 10.5 Å². The van der Waals surface area contributed by atoms with E-state index in [1.54, 1.807) is 0 Å². The Bertz CT molecular complexity index is 457. The van der Waals surface area contributed by atoms with Crippen LogP contribution in [0.1, 0.15) is 24.8 Å². The summed E-state index contributed by atoms with van der Waals surface area (Å²) in [6.07, 6.45) is 4.13. The van der Waals surface area contributed by atoms with Gasteiger partial charge in [0.25, 0.3) is 0 Å². The van der Waals surface area contributed by atoms with Crippen molar-refractivity contribution in [1.82, 2.24) is 0 Å². The van der Waals surface area contributed by atoms with Crippen molar-refractivity contribution in [1.29, 1.82) is 0 Å². The number of fused-ring (bicyclic) bond motifs is 1. The highest BCUT2D eigenvalue weighted by atomic mass is 79.9.